The van der Waals surface area contributed by atoms with E-state index in [4.69, 9.17) is 4.74 Å². The van der Waals surface area contributed by atoms with E-state index in [9.17, 15) is 4.79 Å². The molecule has 2 N–H and O–H groups in total. The Morgan fingerprint density at radius 3 is 3.13 bits per heavy atom. The number of aromatic nitrogens is 2. The summed E-state index contributed by atoms with van der Waals surface area (Å²) in [5, 5.41) is 9.12. The van der Waals surface area contributed by atoms with E-state index in [0.717, 1.165) is 6.42 Å². The van der Waals surface area contributed by atoms with Crippen LogP contribution in [0, 0.1) is 0 Å². The smallest absolute Gasteiger partial charge is 0.270 e. The Morgan fingerprint density at radius 1 is 1.73 bits per heavy atom. The zero-order valence-electron chi connectivity index (χ0n) is 8.55. The summed E-state index contributed by atoms with van der Waals surface area (Å²) in [4.78, 5) is 11.5. The number of H-pyrrole nitrogens is 1. The molecule has 5 nitrogen and oxygen atoms in total. The summed E-state index contributed by atoms with van der Waals surface area (Å²) in [6, 6.07) is 0. The largest absolute Gasteiger partial charge is 0.382 e. The molecule has 0 aliphatic rings. The number of hydrogen-bond acceptors (Lipinski definition) is 3. The Morgan fingerprint density at radius 2 is 2.53 bits per heavy atom. The van der Waals surface area contributed by atoms with Crippen LogP contribution in [0.15, 0.2) is 10.7 Å². The quantitative estimate of drug-likeness (QED) is 0.770. The highest BCUT2D eigenvalue weighted by atomic mass is 79.9. The molecule has 0 bridgehead atoms. The van der Waals surface area contributed by atoms with Crippen LogP contribution in [0.25, 0.3) is 0 Å². The first-order valence-corrected chi connectivity index (χ1v) is 5.59. The molecule has 1 heterocycles. The van der Waals surface area contributed by atoms with Crippen LogP contribution in [0.4, 0.5) is 0 Å². The minimum absolute atomic E-state index is 0.157. The fourth-order valence-electron chi connectivity index (χ4n) is 1.04. The van der Waals surface area contributed by atoms with E-state index >= 15 is 0 Å². The molecule has 0 aliphatic carbocycles. The van der Waals surface area contributed by atoms with Crippen molar-refractivity contribution in [2.24, 2.45) is 0 Å². The summed E-state index contributed by atoms with van der Waals surface area (Å²) in [6.07, 6.45) is 2.36. The van der Waals surface area contributed by atoms with Crippen molar-refractivity contribution in [2.75, 3.05) is 19.8 Å². The normalized spacial score (nSPS) is 10.3. The van der Waals surface area contributed by atoms with Gasteiger partial charge in [-0.1, -0.05) is 0 Å². The molecule has 1 amide bonds. The predicted molar refractivity (Wildman–Crippen MR) is 59.7 cm³/mol. The number of nitrogens with zero attached hydrogens (tertiary/aromatic N) is 1. The molecule has 0 unspecified atom stereocenters. The molecule has 1 rings (SSSR count). The number of ether oxygens (including phenoxy) is 1. The third-order valence-electron chi connectivity index (χ3n) is 1.78. The van der Waals surface area contributed by atoms with Crippen molar-refractivity contribution in [3.63, 3.8) is 0 Å². The van der Waals surface area contributed by atoms with Crippen molar-refractivity contribution >= 4 is 21.8 Å². The summed E-state index contributed by atoms with van der Waals surface area (Å²) in [5.74, 6) is -0.157. The van der Waals surface area contributed by atoms with Crippen molar-refractivity contribution < 1.29 is 9.53 Å². The van der Waals surface area contributed by atoms with Gasteiger partial charge in [-0.2, -0.15) is 5.10 Å². The lowest BCUT2D eigenvalue weighted by Gasteiger charge is -2.03. The van der Waals surface area contributed by atoms with Crippen molar-refractivity contribution in [2.45, 2.75) is 13.3 Å². The number of rotatable bonds is 6. The maximum atomic E-state index is 11.5. The fraction of sp³-hybridized carbons (Fsp3) is 0.556. The summed E-state index contributed by atoms with van der Waals surface area (Å²) >= 11 is 3.22. The number of carbonyl (C=O) groups is 1. The summed E-state index contributed by atoms with van der Waals surface area (Å²) in [5.41, 5.74) is 0.450. The second-order valence-electron chi connectivity index (χ2n) is 2.90. The second kappa shape index (κ2) is 6.58. The summed E-state index contributed by atoms with van der Waals surface area (Å²) in [6.45, 7) is 3.92. The SMILES string of the molecule is CCOCCCNC(=O)c1[nH]ncc1Br. The molecule has 0 fully saturated rings. The number of hydrogen-bond donors (Lipinski definition) is 2. The first-order chi connectivity index (χ1) is 7.25. The number of carbonyl (C=O) groups excluding carboxylic acids is 1. The molecule has 84 valence electrons. The van der Waals surface area contributed by atoms with Crippen LogP contribution < -0.4 is 5.32 Å². The maximum Gasteiger partial charge on any atom is 0.270 e. The highest BCUT2D eigenvalue weighted by molar-refractivity contribution is 9.10. The maximum absolute atomic E-state index is 11.5. The zero-order valence-corrected chi connectivity index (χ0v) is 10.1. The van der Waals surface area contributed by atoms with Gasteiger partial charge in [0.1, 0.15) is 5.69 Å². The monoisotopic (exact) mass is 275 g/mol. The number of amides is 1. The average Bonchev–Trinajstić information content (AvgIpc) is 2.64. The number of halogens is 1. The minimum Gasteiger partial charge on any atom is -0.382 e. The lowest BCUT2D eigenvalue weighted by Crippen LogP contribution is -2.25. The molecular weight excluding hydrogens is 262 g/mol. The van der Waals surface area contributed by atoms with Gasteiger partial charge in [-0.15, -0.1) is 0 Å². The topological polar surface area (TPSA) is 67.0 Å². The highest BCUT2D eigenvalue weighted by Gasteiger charge is 2.10. The molecule has 1 aromatic rings. The van der Waals surface area contributed by atoms with Crippen molar-refractivity contribution in [3.05, 3.63) is 16.4 Å². The van der Waals surface area contributed by atoms with Gasteiger partial charge < -0.3 is 10.1 Å². The van der Waals surface area contributed by atoms with E-state index in [-0.39, 0.29) is 5.91 Å². The predicted octanol–water partition coefficient (Wildman–Crippen LogP) is 1.33. The Hall–Kier alpha value is -0.880. The van der Waals surface area contributed by atoms with Gasteiger partial charge in [0.15, 0.2) is 0 Å². The van der Waals surface area contributed by atoms with E-state index in [2.05, 4.69) is 31.4 Å². The molecule has 0 aromatic carbocycles. The van der Waals surface area contributed by atoms with Crippen LogP contribution >= 0.6 is 15.9 Å². The van der Waals surface area contributed by atoms with Gasteiger partial charge in [0, 0.05) is 19.8 Å². The molecule has 15 heavy (non-hydrogen) atoms. The average molecular weight is 276 g/mol. The Bertz CT molecular complexity index is 314. The molecule has 0 saturated carbocycles. The molecule has 0 saturated heterocycles. The van der Waals surface area contributed by atoms with Gasteiger partial charge in [-0.3, -0.25) is 9.89 Å². The van der Waals surface area contributed by atoms with E-state index in [1.54, 1.807) is 6.20 Å². The lowest BCUT2D eigenvalue weighted by atomic mass is 10.4. The molecule has 0 spiro atoms. The van der Waals surface area contributed by atoms with Crippen LogP contribution in [-0.4, -0.2) is 35.9 Å². The first kappa shape index (κ1) is 12.2. The third kappa shape index (κ3) is 4.01. The highest BCUT2D eigenvalue weighted by Crippen LogP contribution is 2.11. The van der Waals surface area contributed by atoms with Crippen LogP contribution in [0.3, 0.4) is 0 Å². The second-order valence-corrected chi connectivity index (χ2v) is 3.75. The molecular formula is C9H14BrN3O2. The number of nitrogens with one attached hydrogen (secondary N) is 2. The lowest BCUT2D eigenvalue weighted by molar-refractivity contribution is 0.0938. The Labute approximate surface area is 96.7 Å². The van der Waals surface area contributed by atoms with Crippen molar-refractivity contribution in [1.29, 1.82) is 0 Å². The van der Waals surface area contributed by atoms with Gasteiger partial charge in [-0.05, 0) is 29.3 Å². The molecule has 0 atom stereocenters. The van der Waals surface area contributed by atoms with Gasteiger partial charge in [0.2, 0.25) is 0 Å². The van der Waals surface area contributed by atoms with Gasteiger partial charge in [0.25, 0.3) is 5.91 Å². The minimum atomic E-state index is -0.157. The zero-order chi connectivity index (χ0) is 11.1. The van der Waals surface area contributed by atoms with Gasteiger partial charge in [0.05, 0.1) is 10.7 Å². The summed E-state index contributed by atoms with van der Waals surface area (Å²) < 4.78 is 5.82. The first-order valence-electron chi connectivity index (χ1n) is 4.80. The molecule has 0 radical (unpaired) electrons. The third-order valence-corrected chi connectivity index (χ3v) is 2.38. The molecule has 0 aliphatic heterocycles. The van der Waals surface area contributed by atoms with Crippen LogP contribution in [0.1, 0.15) is 23.8 Å². The van der Waals surface area contributed by atoms with E-state index in [1.165, 1.54) is 0 Å². The van der Waals surface area contributed by atoms with Crippen LogP contribution in [-0.2, 0) is 4.74 Å². The fourth-order valence-corrected chi connectivity index (χ4v) is 1.41. The van der Waals surface area contributed by atoms with Crippen LogP contribution in [0.5, 0.6) is 0 Å². The van der Waals surface area contributed by atoms with E-state index in [1.807, 2.05) is 6.92 Å². The van der Waals surface area contributed by atoms with Crippen molar-refractivity contribution in [3.8, 4) is 0 Å². The van der Waals surface area contributed by atoms with Crippen LogP contribution in [0.2, 0.25) is 0 Å². The van der Waals surface area contributed by atoms with E-state index in [0.29, 0.717) is 29.9 Å². The Balaban J connectivity index is 2.22. The van der Waals surface area contributed by atoms with Crippen molar-refractivity contribution in [1.82, 2.24) is 15.5 Å². The Kier molecular flexibility index (Phi) is 5.34. The van der Waals surface area contributed by atoms with E-state index < -0.39 is 0 Å². The standard InChI is InChI=1S/C9H14BrN3O2/c1-2-15-5-3-4-11-9(14)8-7(10)6-12-13-8/h6H,2-5H2,1H3,(H,11,14)(H,12,13). The van der Waals surface area contributed by atoms with Gasteiger partial charge >= 0.3 is 0 Å². The molecule has 1 aromatic heterocycles. The molecule has 6 heteroatoms. The summed E-state index contributed by atoms with van der Waals surface area (Å²) in [7, 11) is 0. The number of aromatic amines is 1. The van der Waals surface area contributed by atoms with Gasteiger partial charge in [-0.25, -0.2) is 0 Å².